The van der Waals surface area contributed by atoms with E-state index in [1.807, 2.05) is 12.1 Å². The van der Waals surface area contributed by atoms with Gasteiger partial charge in [0.25, 0.3) is 0 Å². The zero-order valence-corrected chi connectivity index (χ0v) is 15.1. The maximum absolute atomic E-state index is 12.3. The largest absolute Gasteiger partial charge is 0.377 e. The van der Waals surface area contributed by atoms with Crippen molar-refractivity contribution in [2.75, 3.05) is 19.8 Å². The van der Waals surface area contributed by atoms with Gasteiger partial charge in [-0.2, -0.15) is 0 Å². The Morgan fingerprint density at radius 1 is 1.33 bits per heavy atom. The van der Waals surface area contributed by atoms with Gasteiger partial charge in [-0.3, -0.25) is 0 Å². The summed E-state index contributed by atoms with van der Waals surface area (Å²) in [4.78, 5) is 12.3. The zero-order chi connectivity index (χ0) is 17.2. The number of ether oxygens (including phenoxy) is 1. The summed E-state index contributed by atoms with van der Waals surface area (Å²) in [6, 6.07) is 6.01. The Kier molecular flexibility index (Phi) is 5.16. The molecule has 0 radical (unpaired) electrons. The SMILES string of the molecule is CC(C)(CNC(=O)NC1Cc2ccc(Cl)cc2C1)C1=CCOCC1. The molecular formula is C19H25ClN2O2. The van der Waals surface area contributed by atoms with Crippen molar-refractivity contribution in [3.8, 4) is 0 Å². The van der Waals surface area contributed by atoms with E-state index >= 15 is 0 Å². The van der Waals surface area contributed by atoms with Gasteiger partial charge in [-0.05, 0) is 42.5 Å². The fourth-order valence-corrected chi connectivity index (χ4v) is 3.68. The molecule has 0 bridgehead atoms. The molecule has 24 heavy (non-hydrogen) atoms. The predicted molar refractivity (Wildman–Crippen MR) is 96.5 cm³/mol. The van der Waals surface area contributed by atoms with Gasteiger partial charge < -0.3 is 15.4 Å². The standard InChI is InChI=1S/C19H25ClN2O2/c1-19(2,15-5-7-24-8-6-15)12-21-18(23)22-17-10-13-3-4-16(20)9-14(13)11-17/h3-5,9,17H,6-8,10-12H2,1-2H3,(H2,21,22,23). The van der Waals surface area contributed by atoms with Crippen LogP contribution in [0, 0.1) is 5.41 Å². The molecule has 1 aromatic rings. The van der Waals surface area contributed by atoms with Crippen molar-refractivity contribution in [2.45, 2.75) is 39.2 Å². The fraction of sp³-hybridized carbons (Fsp3) is 0.526. The second kappa shape index (κ2) is 7.16. The second-order valence-electron chi connectivity index (χ2n) is 7.28. The lowest BCUT2D eigenvalue weighted by atomic mass is 9.81. The topological polar surface area (TPSA) is 50.4 Å². The van der Waals surface area contributed by atoms with Crippen LogP contribution in [-0.2, 0) is 17.6 Å². The molecule has 0 saturated heterocycles. The summed E-state index contributed by atoms with van der Waals surface area (Å²) in [5.41, 5.74) is 3.82. The summed E-state index contributed by atoms with van der Waals surface area (Å²) >= 11 is 6.04. The van der Waals surface area contributed by atoms with Gasteiger partial charge in [0.1, 0.15) is 0 Å². The Morgan fingerprint density at radius 2 is 2.12 bits per heavy atom. The monoisotopic (exact) mass is 348 g/mol. The highest BCUT2D eigenvalue weighted by atomic mass is 35.5. The van der Waals surface area contributed by atoms with Gasteiger partial charge in [-0.25, -0.2) is 4.79 Å². The van der Waals surface area contributed by atoms with Crippen molar-refractivity contribution in [2.24, 2.45) is 5.41 Å². The van der Waals surface area contributed by atoms with E-state index in [9.17, 15) is 4.79 Å². The third kappa shape index (κ3) is 4.11. The number of urea groups is 1. The Hall–Kier alpha value is -1.52. The van der Waals surface area contributed by atoms with E-state index in [1.165, 1.54) is 16.7 Å². The molecule has 4 nitrogen and oxygen atoms in total. The van der Waals surface area contributed by atoms with Crippen LogP contribution in [0.25, 0.3) is 0 Å². The molecular weight excluding hydrogens is 324 g/mol. The molecule has 1 aliphatic carbocycles. The number of rotatable bonds is 4. The number of benzene rings is 1. The minimum absolute atomic E-state index is 0.0483. The maximum atomic E-state index is 12.3. The van der Waals surface area contributed by atoms with E-state index in [2.05, 4.69) is 36.6 Å². The van der Waals surface area contributed by atoms with Gasteiger partial charge in [0.2, 0.25) is 0 Å². The first kappa shape index (κ1) is 17.3. The number of carbonyl (C=O) groups excluding carboxylic acids is 1. The number of halogens is 1. The van der Waals surface area contributed by atoms with E-state index in [1.54, 1.807) is 0 Å². The van der Waals surface area contributed by atoms with Crippen LogP contribution >= 0.6 is 11.6 Å². The number of fused-ring (bicyclic) bond motifs is 1. The molecule has 0 fully saturated rings. The summed E-state index contributed by atoms with van der Waals surface area (Å²) in [6.07, 6.45) is 4.79. The Labute approximate surface area is 148 Å². The highest BCUT2D eigenvalue weighted by Crippen LogP contribution is 2.30. The minimum atomic E-state index is -0.0976. The number of amides is 2. The first-order valence-corrected chi connectivity index (χ1v) is 8.91. The van der Waals surface area contributed by atoms with Crippen molar-refractivity contribution in [1.82, 2.24) is 10.6 Å². The molecule has 0 aromatic heterocycles. The second-order valence-corrected chi connectivity index (χ2v) is 7.72. The number of hydrogen-bond donors (Lipinski definition) is 2. The molecule has 1 aliphatic heterocycles. The molecule has 1 heterocycles. The smallest absolute Gasteiger partial charge is 0.315 e. The van der Waals surface area contributed by atoms with E-state index in [0.29, 0.717) is 13.2 Å². The molecule has 130 valence electrons. The molecule has 0 saturated carbocycles. The van der Waals surface area contributed by atoms with Gasteiger partial charge >= 0.3 is 6.03 Å². The highest BCUT2D eigenvalue weighted by molar-refractivity contribution is 6.30. The van der Waals surface area contributed by atoms with Crippen LogP contribution in [0.1, 0.15) is 31.4 Å². The Balaban J connectivity index is 1.49. The van der Waals surface area contributed by atoms with Crippen molar-refractivity contribution in [3.63, 3.8) is 0 Å². The van der Waals surface area contributed by atoms with Gasteiger partial charge in [0, 0.05) is 23.0 Å². The first-order valence-electron chi connectivity index (χ1n) is 8.53. The van der Waals surface area contributed by atoms with Gasteiger partial charge in [0.05, 0.1) is 13.2 Å². The lowest BCUT2D eigenvalue weighted by Gasteiger charge is -2.31. The Bertz CT molecular complexity index is 655. The molecule has 3 rings (SSSR count). The van der Waals surface area contributed by atoms with E-state index in [4.69, 9.17) is 16.3 Å². The van der Waals surface area contributed by atoms with E-state index < -0.39 is 0 Å². The van der Waals surface area contributed by atoms with Crippen LogP contribution in [0.5, 0.6) is 0 Å². The summed E-state index contributed by atoms with van der Waals surface area (Å²) < 4.78 is 5.36. The van der Waals surface area contributed by atoms with Crippen molar-refractivity contribution >= 4 is 17.6 Å². The fourth-order valence-electron chi connectivity index (χ4n) is 3.48. The van der Waals surface area contributed by atoms with Gasteiger partial charge in [0.15, 0.2) is 0 Å². The molecule has 2 amide bonds. The first-order chi connectivity index (χ1) is 11.4. The summed E-state index contributed by atoms with van der Waals surface area (Å²) in [7, 11) is 0. The molecule has 1 atom stereocenters. The van der Waals surface area contributed by atoms with Crippen molar-refractivity contribution in [3.05, 3.63) is 46.0 Å². The maximum Gasteiger partial charge on any atom is 0.315 e. The normalized spacial score (nSPS) is 20.3. The van der Waals surface area contributed by atoms with Gasteiger partial charge in [-0.15, -0.1) is 0 Å². The minimum Gasteiger partial charge on any atom is -0.377 e. The Morgan fingerprint density at radius 3 is 2.88 bits per heavy atom. The average molecular weight is 349 g/mol. The van der Waals surface area contributed by atoms with Crippen LogP contribution in [0.2, 0.25) is 5.02 Å². The van der Waals surface area contributed by atoms with Gasteiger partial charge in [-0.1, -0.05) is 43.2 Å². The van der Waals surface area contributed by atoms with Crippen LogP contribution in [0.4, 0.5) is 4.79 Å². The molecule has 1 aromatic carbocycles. The van der Waals surface area contributed by atoms with Crippen LogP contribution in [0.15, 0.2) is 29.8 Å². The summed E-state index contributed by atoms with van der Waals surface area (Å²) in [5.74, 6) is 0. The summed E-state index contributed by atoms with van der Waals surface area (Å²) in [5, 5.41) is 6.87. The predicted octanol–water partition coefficient (Wildman–Crippen LogP) is 3.48. The molecule has 2 aliphatic rings. The molecule has 1 unspecified atom stereocenters. The zero-order valence-electron chi connectivity index (χ0n) is 14.3. The van der Waals surface area contributed by atoms with Crippen LogP contribution in [0.3, 0.4) is 0 Å². The third-order valence-corrected chi connectivity index (χ3v) is 5.19. The van der Waals surface area contributed by atoms with Crippen LogP contribution < -0.4 is 10.6 Å². The third-order valence-electron chi connectivity index (χ3n) is 4.96. The van der Waals surface area contributed by atoms with Crippen LogP contribution in [-0.4, -0.2) is 31.8 Å². The lowest BCUT2D eigenvalue weighted by molar-refractivity contribution is 0.145. The number of carbonyl (C=O) groups is 1. The molecule has 2 N–H and O–H groups in total. The highest BCUT2D eigenvalue weighted by Gasteiger charge is 2.27. The van der Waals surface area contributed by atoms with Crippen molar-refractivity contribution in [1.29, 1.82) is 0 Å². The quantitative estimate of drug-likeness (QED) is 0.818. The van der Waals surface area contributed by atoms with Crippen molar-refractivity contribution < 1.29 is 9.53 Å². The average Bonchev–Trinajstić information content (AvgIpc) is 2.95. The molecule has 5 heteroatoms. The summed E-state index contributed by atoms with van der Waals surface area (Å²) in [6.45, 7) is 6.39. The lowest BCUT2D eigenvalue weighted by Crippen LogP contribution is -2.46. The van der Waals surface area contributed by atoms with E-state index in [-0.39, 0.29) is 17.5 Å². The number of nitrogens with one attached hydrogen (secondary N) is 2. The van der Waals surface area contributed by atoms with E-state index in [0.717, 1.165) is 30.9 Å². The molecule has 0 spiro atoms. The number of hydrogen-bond acceptors (Lipinski definition) is 2.